The smallest absolute Gasteiger partial charge is 0.236 e. The zero-order valence-corrected chi connectivity index (χ0v) is 12.0. The van der Waals surface area contributed by atoms with Crippen LogP contribution in [0.4, 0.5) is 0 Å². The fourth-order valence-corrected chi connectivity index (χ4v) is 1.72. The molecule has 1 atom stereocenters. The molecule has 1 amide bonds. The van der Waals surface area contributed by atoms with Crippen LogP contribution in [0.3, 0.4) is 0 Å². The molecule has 0 bridgehead atoms. The Morgan fingerprint density at radius 1 is 0.895 bits per heavy atom. The second-order valence-corrected chi connectivity index (χ2v) is 4.78. The third-order valence-electron chi connectivity index (χ3n) is 2.94. The van der Waals surface area contributed by atoms with Gasteiger partial charge < -0.3 is 27.8 Å². The van der Waals surface area contributed by atoms with Crippen molar-refractivity contribution in [2.45, 2.75) is 44.6 Å². The second kappa shape index (κ2) is 13.7. The summed E-state index contributed by atoms with van der Waals surface area (Å²) in [5.41, 5.74) is 16.6. The fourth-order valence-electron chi connectivity index (χ4n) is 1.72. The quantitative estimate of drug-likeness (QED) is 0.284. The lowest BCUT2D eigenvalue weighted by Crippen LogP contribution is -2.41. The maximum Gasteiger partial charge on any atom is 0.236 e. The van der Waals surface area contributed by atoms with Crippen LogP contribution in [0.1, 0.15) is 38.5 Å². The first kappa shape index (κ1) is 18.3. The molecule has 0 saturated carbocycles. The Bertz CT molecular complexity index is 213. The van der Waals surface area contributed by atoms with Gasteiger partial charge in [-0.05, 0) is 58.3 Å². The second-order valence-electron chi connectivity index (χ2n) is 4.78. The molecule has 0 heterocycles. The van der Waals surface area contributed by atoms with Crippen LogP contribution in [0.15, 0.2) is 0 Å². The van der Waals surface area contributed by atoms with Crippen molar-refractivity contribution in [1.29, 1.82) is 0 Å². The highest BCUT2D eigenvalue weighted by atomic mass is 16.2. The predicted octanol–water partition coefficient (Wildman–Crippen LogP) is -0.722. The van der Waals surface area contributed by atoms with Gasteiger partial charge in [0.1, 0.15) is 0 Å². The zero-order chi connectivity index (χ0) is 14.3. The Labute approximate surface area is 116 Å². The monoisotopic (exact) mass is 273 g/mol. The van der Waals surface area contributed by atoms with Crippen molar-refractivity contribution >= 4 is 5.91 Å². The molecule has 0 aliphatic heterocycles. The van der Waals surface area contributed by atoms with Gasteiger partial charge in [-0.25, -0.2) is 0 Å². The molecule has 0 aromatic heterocycles. The Morgan fingerprint density at radius 2 is 1.53 bits per heavy atom. The van der Waals surface area contributed by atoms with Crippen LogP contribution in [-0.2, 0) is 4.79 Å². The summed E-state index contributed by atoms with van der Waals surface area (Å²) in [4.78, 5) is 11.6. The van der Waals surface area contributed by atoms with E-state index in [-0.39, 0.29) is 5.91 Å². The SMILES string of the molecule is NCCCCNCCCNC(=O)C(N)CCCCN. The predicted molar refractivity (Wildman–Crippen MR) is 79.7 cm³/mol. The number of unbranched alkanes of at least 4 members (excludes halogenated alkanes) is 2. The van der Waals surface area contributed by atoms with E-state index in [9.17, 15) is 4.79 Å². The van der Waals surface area contributed by atoms with Gasteiger partial charge in [0.05, 0.1) is 6.04 Å². The molecule has 0 aromatic rings. The van der Waals surface area contributed by atoms with Crippen LogP contribution in [-0.4, -0.2) is 44.7 Å². The lowest BCUT2D eigenvalue weighted by Gasteiger charge is -2.12. The summed E-state index contributed by atoms with van der Waals surface area (Å²) < 4.78 is 0. The number of hydrogen-bond donors (Lipinski definition) is 5. The van der Waals surface area contributed by atoms with E-state index in [2.05, 4.69) is 10.6 Å². The summed E-state index contributed by atoms with van der Waals surface area (Å²) in [6.45, 7) is 3.98. The lowest BCUT2D eigenvalue weighted by molar-refractivity contribution is -0.122. The van der Waals surface area contributed by atoms with Crippen molar-refractivity contribution in [3.8, 4) is 0 Å². The Balaban J connectivity index is 3.32. The molecule has 0 radical (unpaired) electrons. The maximum absolute atomic E-state index is 11.6. The molecule has 0 aliphatic carbocycles. The summed E-state index contributed by atoms with van der Waals surface area (Å²) in [5.74, 6) is -0.0554. The van der Waals surface area contributed by atoms with Gasteiger partial charge in [-0.15, -0.1) is 0 Å². The minimum atomic E-state index is -0.399. The molecule has 0 rings (SSSR count). The highest BCUT2D eigenvalue weighted by molar-refractivity contribution is 5.81. The summed E-state index contributed by atoms with van der Waals surface area (Å²) in [6, 6.07) is -0.399. The molecule has 0 aliphatic rings. The van der Waals surface area contributed by atoms with Gasteiger partial charge in [0.15, 0.2) is 0 Å². The molecule has 0 aromatic carbocycles. The van der Waals surface area contributed by atoms with Crippen LogP contribution in [0, 0.1) is 0 Å². The highest BCUT2D eigenvalue weighted by Crippen LogP contribution is 1.97. The van der Waals surface area contributed by atoms with Crippen LogP contribution in [0.2, 0.25) is 0 Å². The Morgan fingerprint density at radius 3 is 2.21 bits per heavy atom. The Kier molecular flexibility index (Phi) is 13.2. The van der Waals surface area contributed by atoms with Gasteiger partial charge in [0.25, 0.3) is 0 Å². The van der Waals surface area contributed by atoms with Gasteiger partial charge in [0.2, 0.25) is 5.91 Å². The number of carbonyl (C=O) groups excluding carboxylic acids is 1. The molecule has 8 N–H and O–H groups in total. The fraction of sp³-hybridized carbons (Fsp3) is 0.923. The first-order valence-corrected chi connectivity index (χ1v) is 7.36. The topological polar surface area (TPSA) is 119 Å². The molecule has 0 spiro atoms. The van der Waals surface area contributed by atoms with Gasteiger partial charge in [-0.1, -0.05) is 6.42 Å². The van der Waals surface area contributed by atoms with Crippen LogP contribution in [0.5, 0.6) is 0 Å². The van der Waals surface area contributed by atoms with Crippen molar-refractivity contribution < 1.29 is 4.79 Å². The first-order chi connectivity index (χ1) is 9.22. The number of hydrogen-bond acceptors (Lipinski definition) is 5. The maximum atomic E-state index is 11.6. The molecule has 6 nitrogen and oxygen atoms in total. The summed E-state index contributed by atoms with van der Waals surface area (Å²) in [5, 5.41) is 6.17. The number of nitrogens with two attached hydrogens (primary N) is 3. The zero-order valence-electron chi connectivity index (χ0n) is 12.0. The molecular formula is C13H31N5O. The molecule has 114 valence electrons. The van der Waals surface area contributed by atoms with E-state index in [0.717, 1.165) is 51.7 Å². The minimum absolute atomic E-state index is 0.0554. The van der Waals surface area contributed by atoms with E-state index in [1.807, 2.05) is 0 Å². The van der Waals surface area contributed by atoms with Gasteiger partial charge in [-0.3, -0.25) is 4.79 Å². The van der Waals surface area contributed by atoms with Crippen LogP contribution >= 0.6 is 0 Å². The van der Waals surface area contributed by atoms with E-state index in [4.69, 9.17) is 17.2 Å². The van der Waals surface area contributed by atoms with E-state index in [1.54, 1.807) is 0 Å². The molecule has 6 heteroatoms. The molecule has 0 saturated heterocycles. The van der Waals surface area contributed by atoms with E-state index < -0.39 is 6.04 Å². The number of nitrogens with one attached hydrogen (secondary N) is 2. The van der Waals surface area contributed by atoms with Crippen molar-refractivity contribution in [3.63, 3.8) is 0 Å². The number of rotatable bonds is 13. The lowest BCUT2D eigenvalue weighted by atomic mass is 10.1. The van der Waals surface area contributed by atoms with Gasteiger partial charge in [0, 0.05) is 6.54 Å². The van der Waals surface area contributed by atoms with Crippen molar-refractivity contribution in [3.05, 3.63) is 0 Å². The van der Waals surface area contributed by atoms with Gasteiger partial charge >= 0.3 is 0 Å². The third kappa shape index (κ3) is 12.1. The summed E-state index contributed by atoms with van der Waals surface area (Å²) in [7, 11) is 0. The summed E-state index contributed by atoms with van der Waals surface area (Å²) in [6.07, 6.45) is 5.63. The minimum Gasteiger partial charge on any atom is -0.355 e. The molecule has 0 fully saturated rings. The molecule has 1 unspecified atom stereocenters. The van der Waals surface area contributed by atoms with Crippen molar-refractivity contribution in [2.75, 3.05) is 32.7 Å². The number of amides is 1. The largest absolute Gasteiger partial charge is 0.355 e. The Hall–Kier alpha value is -0.690. The standard InChI is InChI=1S/C13H31N5O/c14-7-2-1-6-12(16)13(19)18-11-5-10-17-9-4-3-8-15/h12,17H,1-11,14-16H2,(H,18,19). The van der Waals surface area contributed by atoms with E-state index >= 15 is 0 Å². The summed E-state index contributed by atoms with van der Waals surface area (Å²) >= 11 is 0. The normalized spacial score (nSPS) is 12.4. The highest BCUT2D eigenvalue weighted by Gasteiger charge is 2.11. The number of carbonyl (C=O) groups is 1. The van der Waals surface area contributed by atoms with Gasteiger partial charge in [-0.2, -0.15) is 0 Å². The molecular weight excluding hydrogens is 242 g/mol. The van der Waals surface area contributed by atoms with Crippen molar-refractivity contribution in [1.82, 2.24) is 10.6 Å². The average Bonchev–Trinajstić information content (AvgIpc) is 2.41. The molecule has 19 heavy (non-hydrogen) atoms. The van der Waals surface area contributed by atoms with E-state index in [0.29, 0.717) is 19.5 Å². The average molecular weight is 273 g/mol. The van der Waals surface area contributed by atoms with Crippen LogP contribution in [0.25, 0.3) is 0 Å². The third-order valence-corrected chi connectivity index (χ3v) is 2.94. The first-order valence-electron chi connectivity index (χ1n) is 7.36. The van der Waals surface area contributed by atoms with E-state index in [1.165, 1.54) is 0 Å². The van der Waals surface area contributed by atoms with Crippen molar-refractivity contribution in [2.24, 2.45) is 17.2 Å². The van der Waals surface area contributed by atoms with Crippen LogP contribution < -0.4 is 27.8 Å².